The monoisotopic (exact) mass is 652 g/mol. The molecule has 3 N–H and O–H groups in total. The molecule has 1 atom stereocenters. The number of rotatable bonds is 13. The third-order valence-corrected chi connectivity index (χ3v) is 9.19. The average Bonchev–Trinajstić information content (AvgIpc) is 3.64. The maximum absolute atomic E-state index is 12.5. The van der Waals surface area contributed by atoms with Crippen LogP contribution >= 0.6 is 0 Å². The van der Waals surface area contributed by atoms with E-state index in [-0.39, 0.29) is 18.0 Å². The number of carbonyl (C=O) groups excluding carboxylic acids is 2. The Morgan fingerprint density at radius 3 is 2.42 bits per heavy atom. The molecule has 2 aliphatic rings. The van der Waals surface area contributed by atoms with Gasteiger partial charge in [0.05, 0.1) is 19.2 Å². The summed E-state index contributed by atoms with van der Waals surface area (Å²) in [6, 6.07) is 21.4. The van der Waals surface area contributed by atoms with Gasteiger partial charge in [0.1, 0.15) is 23.6 Å². The molecule has 0 unspecified atom stereocenters. The second-order valence-corrected chi connectivity index (χ2v) is 12.6. The van der Waals surface area contributed by atoms with Crippen LogP contribution in [-0.2, 0) is 9.53 Å². The van der Waals surface area contributed by atoms with E-state index in [1.807, 2.05) is 48.5 Å². The molecule has 10 heteroatoms. The average molecular weight is 653 g/mol. The van der Waals surface area contributed by atoms with E-state index in [1.165, 1.54) is 0 Å². The van der Waals surface area contributed by atoms with Gasteiger partial charge in [-0.3, -0.25) is 14.6 Å². The number of esters is 1. The Labute approximate surface area is 281 Å². The van der Waals surface area contributed by atoms with E-state index in [2.05, 4.69) is 15.2 Å². The van der Waals surface area contributed by atoms with Crippen LogP contribution in [0, 0.1) is 5.92 Å². The van der Waals surface area contributed by atoms with Gasteiger partial charge in [0.25, 0.3) is 5.91 Å². The number of likely N-dealkylation sites (tertiary alicyclic amines) is 1. The van der Waals surface area contributed by atoms with Crippen LogP contribution in [-0.4, -0.2) is 67.3 Å². The van der Waals surface area contributed by atoms with Gasteiger partial charge in [-0.25, -0.2) is 0 Å². The van der Waals surface area contributed by atoms with Gasteiger partial charge in [0.15, 0.2) is 11.5 Å². The molecular weight excluding hydrogens is 608 g/mol. The number of hydrogen-bond acceptors (Lipinski definition) is 9. The topological polar surface area (TPSA) is 125 Å². The summed E-state index contributed by atoms with van der Waals surface area (Å²) < 4.78 is 23.8. The van der Waals surface area contributed by atoms with E-state index >= 15 is 0 Å². The van der Waals surface area contributed by atoms with Crippen molar-refractivity contribution in [3.05, 3.63) is 84.6 Å². The van der Waals surface area contributed by atoms with Crippen LogP contribution in [0.5, 0.6) is 23.0 Å². The predicted molar refractivity (Wildman–Crippen MR) is 185 cm³/mol. The minimum absolute atomic E-state index is 0.0540. The van der Waals surface area contributed by atoms with Crippen molar-refractivity contribution < 1.29 is 28.5 Å². The number of anilines is 1. The summed E-state index contributed by atoms with van der Waals surface area (Å²) in [7, 11) is 1.63. The van der Waals surface area contributed by atoms with Crippen molar-refractivity contribution in [3.8, 4) is 23.0 Å². The fraction of sp³-hybridized carbons (Fsp3) is 0.395. The lowest BCUT2D eigenvalue weighted by Crippen LogP contribution is -2.41. The third-order valence-electron chi connectivity index (χ3n) is 9.19. The Morgan fingerprint density at radius 1 is 0.938 bits per heavy atom. The molecule has 0 radical (unpaired) electrons. The van der Waals surface area contributed by atoms with Gasteiger partial charge in [-0.15, -0.1) is 0 Å². The van der Waals surface area contributed by atoms with Crippen molar-refractivity contribution in [2.75, 3.05) is 38.7 Å². The number of carbonyl (C=O) groups is 2. The summed E-state index contributed by atoms with van der Waals surface area (Å²) in [6.45, 7) is 3.25. The molecule has 1 aliphatic heterocycles. The van der Waals surface area contributed by atoms with Crippen LogP contribution in [0.3, 0.4) is 0 Å². The molecule has 1 saturated carbocycles. The van der Waals surface area contributed by atoms with Gasteiger partial charge >= 0.3 is 5.97 Å². The van der Waals surface area contributed by atoms with Gasteiger partial charge in [0.2, 0.25) is 0 Å². The second-order valence-electron chi connectivity index (χ2n) is 12.6. The lowest BCUT2D eigenvalue weighted by atomic mass is 9.97. The normalized spacial score (nSPS) is 16.4. The highest BCUT2D eigenvalue weighted by Gasteiger charge is 2.25. The Balaban J connectivity index is 0.999. The first-order valence-corrected chi connectivity index (χ1v) is 16.9. The van der Waals surface area contributed by atoms with E-state index in [0.717, 1.165) is 69.1 Å². The molecule has 3 aromatic carbocycles. The van der Waals surface area contributed by atoms with Crippen molar-refractivity contribution >= 4 is 28.5 Å². The van der Waals surface area contributed by atoms with Gasteiger partial charge in [-0.05, 0) is 112 Å². The summed E-state index contributed by atoms with van der Waals surface area (Å²) in [6.07, 6.45) is 8.55. The zero-order chi connectivity index (χ0) is 33.3. The number of piperidine rings is 1. The molecule has 1 amide bonds. The van der Waals surface area contributed by atoms with Gasteiger partial charge < -0.3 is 34.9 Å². The second kappa shape index (κ2) is 16.0. The van der Waals surface area contributed by atoms with Crippen molar-refractivity contribution in [2.45, 2.75) is 57.1 Å². The molecule has 4 aromatic rings. The lowest BCUT2D eigenvalue weighted by Gasteiger charge is -2.32. The summed E-state index contributed by atoms with van der Waals surface area (Å²) in [5, 5.41) is 3.70. The molecule has 1 saturated heterocycles. The standard InChI is InChI=1S/C38H44N4O6/c1-45-35-23-31-33(40-19-15-34(31)47-30-13-11-28(12-14-30)41-37(43)27-7-3-2-4-8-27)24-36(35)46-25-26-16-20-42(21-17-26)22-18-32(39)38(44)48-29-9-5-6-10-29/h2-4,7-8,11-15,19,23-24,26,29,32H,5-6,9-10,16-18,20-22,25,39H2,1H3,(H,41,43)/t32-/m0/s1. The Morgan fingerprint density at radius 2 is 1.69 bits per heavy atom. The molecule has 1 aromatic heterocycles. The first-order chi connectivity index (χ1) is 23.4. The van der Waals surface area contributed by atoms with Crippen LogP contribution in [0.2, 0.25) is 0 Å². The number of aromatic nitrogens is 1. The van der Waals surface area contributed by atoms with Crippen LogP contribution in [0.1, 0.15) is 55.3 Å². The number of hydrogen-bond donors (Lipinski definition) is 2. The van der Waals surface area contributed by atoms with Crippen LogP contribution in [0.15, 0.2) is 79.0 Å². The number of benzene rings is 3. The molecule has 48 heavy (non-hydrogen) atoms. The van der Waals surface area contributed by atoms with Crippen LogP contribution in [0.25, 0.3) is 10.9 Å². The van der Waals surface area contributed by atoms with Crippen molar-refractivity contribution in [1.29, 1.82) is 0 Å². The quantitative estimate of drug-likeness (QED) is 0.154. The molecule has 0 spiro atoms. The van der Waals surface area contributed by atoms with Crippen molar-refractivity contribution in [1.82, 2.24) is 9.88 Å². The highest BCUT2D eigenvalue weighted by atomic mass is 16.5. The number of nitrogens with one attached hydrogen (secondary N) is 1. The number of ether oxygens (including phenoxy) is 4. The molecular formula is C38H44N4O6. The molecule has 0 bridgehead atoms. The first-order valence-electron chi connectivity index (χ1n) is 16.9. The van der Waals surface area contributed by atoms with Gasteiger partial charge in [-0.1, -0.05) is 18.2 Å². The predicted octanol–water partition coefficient (Wildman–Crippen LogP) is 6.58. The fourth-order valence-corrected chi connectivity index (χ4v) is 6.30. The number of methoxy groups -OCH3 is 1. The van der Waals surface area contributed by atoms with E-state index in [4.69, 9.17) is 24.7 Å². The SMILES string of the molecule is COc1cc2c(Oc3ccc(NC(=O)c4ccccc4)cc3)ccnc2cc1OCC1CCN(CC[C@H](N)C(=O)OC2CCCC2)CC1. The summed E-state index contributed by atoms with van der Waals surface area (Å²) >= 11 is 0. The van der Waals surface area contributed by atoms with E-state index in [9.17, 15) is 9.59 Å². The maximum atomic E-state index is 12.5. The summed E-state index contributed by atoms with van der Waals surface area (Å²) in [5.41, 5.74) is 8.14. The largest absolute Gasteiger partial charge is 0.493 e. The highest BCUT2D eigenvalue weighted by molar-refractivity contribution is 6.04. The molecule has 1 aliphatic carbocycles. The highest BCUT2D eigenvalue weighted by Crippen LogP contribution is 2.38. The Kier molecular flexibility index (Phi) is 11.0. The van der Waals surface area contributed by atoms with E-state index in [0.29, 0.717) is 53.2 Å². The Hall–Kier alpha value is -4.67. The molecule has 10 nitrogen and oxygen atoms in total. The van der Waals surface area contributed by atoms with Crippen LogP contribution in [0.4, 0.5) is 5.69 Å². The molecule has 2 fully saturated rings. The third kappa shape index (κ3) is 8.62. The van der Waals surface area contributed by atoms with E-state index < -0.39 is 6.04 Å². The van der Waals surface area contributed by atoms with Gasteiger partial charge in [-0.2, -0.15) is 0 Å². The lowest BCUT2D eigenvalue weighted by molar-refractivity contribution is -0.150. The minimum atomic E-state index is -0.563. The fourth-order valence-electron chi connectivity index (χ4n) is 6.30. The number of pyridine rings is 1. The number of nitrogens with two attached hydrogens (primary N) is 1. The smallest absolute Gasteiger partial charge is 0.323 e. The molecule has 2 heterocycles. The molecule has 252 valence electrons. The van der Waals surface area contributed by atoms with Crippen molar-refractivity contribution in [3.63, 3.8) is 0 Å². The first kappa shape index (κ1) is 33.2. The van der Waals surface area contributed by atoms with Crippen molar-refractivity contribution in [2.24, 2.45) is 11.7 Å². The maximum Gasteiger partial charge on any atom is 0.323 e. The minimum Gasteiger partial charge on any atom is -0.493 e. The zero-order valence-electron chi connectivity index (χ0n) is 27.4. The van der Waals surface area contributed by atoms with Crippen LogP contribution < -0.4 is 25.3 Å². The summed E-state index contributed by atoms with van der Waals surface area (Å²) in [4.78, 5) is 31.8. The number of fused-ring (bicyclic) bond motifs is 1. The molecule has 6 rings (SSSR count). The zero-order valence-corrected chi connectivity index (χ0v) is 27.4. The van der Waals surface area contributed by atoms with E-state index in [1.54, 1.807) is 37.6 Å². The number of nitrogens with zero attached hydrogens (tertiary/aromatic N) is 2. The number of amides is 1. The Bertz CT molecular complexity index is 1670. The summed E-state index contributed by atoms with van der Waals surface area (Å²) in [5.74, 6) is 2.47. The van der Waals surface area contributed by atoms with Gasteiger partial charge in [0, 0.05) is 35.4 Å².